The van der Waals surface area contributed by atoms with E-state index in [4.69, 9.17) is 17.3 Å². The molecule has 0 fully saturated rings. The highest BCUT2D eigenvalue weighted by Gasteiger charge is 2.09. The Labute approximate surface area is 82.1 Å². The van der Waals surface area contributed by atoms with E-state index in [1.165, 1.54) is 6.07 Å². The summed E-state index contributed by atoms with van der Waals surface area (Å²) in [5.41, 5.74) is 5.87. The molecule has 2 N–H and O–H groups in total. The van der Waals surface area contributed by atoms with Gasteiger partial charge in [-0.05, 0) is 19.1 Å². The van der Waals surface area contributed by atoms with Crippen molar-refractivity contribution >= 4 is 24.0 Å². The zero-order chi connectivity index (χ0) is 8.43. The molecule has 1 atom stereocenters. The minimum Gasteiger partial charge on any atom is -0.324 e. The second kappa shape index (κ2) is 4.65. The molecule has 0 heterocycles. The zero-order valence-corrected chi connectivity index (χ0v) is 8.12. The number of nitrogens with two attached hydrogens (primary N) is 1. The molecule has 1 nitrogen and oxygen atoms in total. The summed E-state index contributed by atoms with van der Waals surface area (Å²) in [6.07, 6.45) is 0. The maximum atomic E-state index is 12.9. The van der Waals surface area contributed by atoms with Gasteiger partial charge in [0.1, 0.15) is 5.82 Å². The van der Waals surface area contributed by atoms with Gasteiger partial charge in [0.2, 0.25) is 0 Å². The lowest BCUT2D eigenvalue weighted by atomic mass is 10.1. The van der Waals surface area contributed by atoms with Gasteiger partial charge in [-0.25, -0.2) is 4.39 Å². The maximum Gasteiger partial charge on any atom is 0.129 e. The summed E-state index contributed by atoms with van der Waals surface area (Å²) in [5.74, 6) is -0.340. The van der Waals surface area contributed by atoms with Gasteiger partial charge in [0.15, 0.2) is 0 Å². The lowest BCUT2D eigenvalue weighted by Gasteiger charge is -2.08. The predicted molar refractivity (Wildman–Crippen MR) is 51.3 cm³/mol. The van der Waals surface area contributed by atoms with Crippen LogP contribution in [0.1, 0.15) is 18.5 Å². The SMILES string of the molecule is CC(N)c1c(F)cccc1Cl.Cl. The average Bonchev–Trinajstić information content (AvgIpc) is 1.85. The van der Waals surface area contributed by atoms with E-state index < -0.39 is 0 Å². The highest BCUT2D eigenvalue weighted by atomic mass is 35.5. The van der Waals surface area contributed by atoms with Crippen LogP contribution in [-0.2, 0) is 0 Å². The Kier molecular flexibility index (Phi) is 4.53. The largest absolute Gasteiger partial charge is 0.324 e. The molecule has 0 aliphatic carbocycles. The average molecular weight is 210 g/mol. The van der Waals surface area contributed by atoms with E-state index in [9.17, 15) is 4.39 Å². The summed E-state index contributed by atoms with van der Waals surface area (Å²) in [5, 5.41) is 0.389. The number of hydrogen-bond acceptors (Lipinski definition) is 1. The van der Waals surface area contributed by atoms with Crippen LogP contribution in [-0.4, -0.2) is 0 Å². The van der Waals surface area contributed by atoms with Gasteiger partial charge in [0.25, 0.3) is 0 Å². The predicted octanol–water partition coefficient (Wildman–Crippen LogP) is 2.92. The van der Waals surface area contributed by atoms with Gasteiger partial charge in [-0.2, -0.15) is 0 Å². The summed E-state index contributed by atoms with van der Waals surface area (Å²) < 4.78 is 12.9. The Hall–Kier alpha value is -0.310. The molecule has 0 aliphatic rings. The van der Waals surface area contributed by atoms with Crippen LogP contribution in [0.3, 0.4) is 0 Å². The van der Waals surface area contributed by atoms with Crippen molar-refractivity contribution in [2.24, 2.45) is 5.73 Å². The summed E-state index contributed by atoms with van der Waals surface area (Å²) in [7, 11) is 0. The van der Waals surface area contributed by atoms with Crippen molar-refractivity contribution in [1.29, 1.82) is 0 Å². The molecular weight excluding hydrogens is 200 g/mol. The molecule has 0 spiro atoms. The first-order chi connectivity index (χ1) is 5.13. The van der Waals surface area contributed by atoms with Gasteiger partial charge in [-0.15, -0.1) is 12.4 Å². The maximum absolute atomic E-state index is 12.9. The van der Waals surface area contributed by atoms with Crippen LogP contribution in [0.5, 0.6) is 0 Å². The van der Waals surface area contributed by atoms with Crippen LogP contribution in [0, 0.1) is 5.82 Å². The molecule has 1 unspecified atom stereocenters. The molecular formula is C8H10Cl2FN. The molecule has 0 aromatic heterocycles. The molecule has 0 saturated carbocycles. The fraction of sp³-hybridized carbons (Fsp3) is 0.250. The molecule has 0 bridgehead atoms. The summed E-state index contributed by atoms with van der Waals surface area (Å²) in [4.78, 5) is 0. The van der Waals surface area contributed by atoms with Gasteiger partial charge >= 0.3 is 0 Å². The lowest BCUT2D eigenvalue weighted by Crippen LogP contribution is -2.07. The Morgan fingerprint density at radius 1 is 1.50 bits per heavy atom. The van der Waals surface area contributed by atoms with Crippen molar-refractivity contribution in [3.63, 3.8) is 0 Å². The number of hydrogen-bond donors (Lipinski definition) is 1. The molecule has 0 amide bonds. The van der Waals surface area contributed by atoms with Crippen LogP contribution in [0.15, 0.2) is 18.2 Å². The van der Waals surface area contributed by atoms with Crippen molar-refractivity contribution in [2.45, 2.75) is 13.0 Å². The first-order valence-corrected chi connectivity index (χ1v) is 3.70. The first kappa shape index (κ1) is 11.7. The second-order valence-electron chi connectivity index (χ2n) is 2.42. The molecule has 1 aromatic carbocycles. The van der Waals surface area contributed by atoms with Crippen molar-refractivity contribution in [2.75, 3.05) is 0 Å². The van der Waals surface area contributed by atoms with Gasteiger partial charge in [0.05, 0.1) is 0 Å². The Morgan fingerprint density at radius 3 is 2.42 bits per heavy atom. The smallest absolute Gasteiger partial charge is 0.129 e. The van der Waals surface area contributed by atoms with E-state index >= 15 is 0 Å². The van der Waals surface area contributed by atoms with E-state index in [0.717, 1.165) is 0 Å². The van der Waals surface area contributed by atoms with Crippen LogP contribution >= 0.6 is 24.0 Å². The third kappa shape index (κ3) is 2.34. The van der Waals surface area contributed by atoms with E-state index in [0.29, 0.717) is 10.6 Å². The highest BCUT2D eigenvalue weighted by molar-refractivity contribution is 6.31. The first-order valence-electron chi connectivity index (χ1n) is 3.32. The van der Waals surface area contributed by atoms with Gasteiger partial charge < -0.3 is 5.73 Å². The van der Waals surface area contributed by atoms with Crippen LogP contribution in [0.2, 0.25) is 5.02 Å². The van der Waals surface area contributed by atoms with Crippen LogP contribution in [0.4, 0.5) is 4.39 Å². The third-order valence-electron chi connectivity index (χ3n) is 1.46. The van der Waals surface area contributed by atoms with Gasteiger partial charge in [0, 0.05) is 16.6 Å². The van der Waals surface area contributed by atoms with E-state index in [1.54, 1.807) is 19.1 Å². The highest BCUT2D eigenvalue weighted by Crippen LogP contribution is 2.23. The standard InChI is InChI=1S/C8H9ClFN.ClH/c1-5(11)8-6(9)3-2-4-7(8)10;/h2-5H,11H2,1H3;1H. The zero-order valence-electron chi connectivity index (χ0n) is 6.55. The van der Waals surface area contributed by atoms with Crippen molar-refractivity contribution in [1.82, 2.24) is 0 Å². The van der Waals surface area contributed by atoms with Gasteiger partial charge in [-0.3, -0.25) is 0 Å². The Balaban J connectivity index is 0.00000121. The number of halogens is 3. The topological polar surface area (TPSA) is 26.0 Å². The van der Waals surface area contributed by atoms with Crippen molar-refractivity contribution < 1.29 is 4.39 Å². The molecule has 1 aromatic rings. The minimum atomic E-state index is -0.358. The normalized spacial score (nSPS) is 12.0. The summed E-state index contributed by atoms with van der Waals surface area (Å²) in [6, 6.07) is 4.18. The molecule has 1 rings (SSSR count). The minimum absolute atomic E-state index is 0. The van der Waals surface area contributed by atoms with Crippen molar-refractivity contribution in [3.05, 3.63) is 34.6 Å². The van der Waals surface area contributed by atoms with Crippen molar-refractivity contribution in [3.8, 4) is 0 Å². The van der Waals surface area contributed by atoms with E-state index in [-0.39, 0.29) is 24.3 Å². The third-order valence-corrected chi connectivity index (χ3v) is 1.78. The van der Waals surface area contributed by atoms with E-state index in [1.807, 2.05) is 0 Å². The van der Waals surface area contributed by atoms with Gasteiger partial charge in [-0.1, -0.05) is 17.7 Å². The molecule has 0 radical (unpaired) electrons. The monoisotopic (exact) mass is 209 g/mol. The number of benzene rings is 1. The second-order valence-corrected chi connectivity index (χ2v) is 2.83. The van der Waals surface area contributed by atoms with Crippen LogP contribution in [0.25, 0.3) is 0 Å². The summed E-state index contributed by atoms with van der Waals surface area (Å²) in [6.45, 7) is 1.70. The molecule has 0 saturated heterocycles. The lowest BCUT2D eigenvalue weighted by molar-refractivity contribution is 0.594. The quantitative estimate of drug-likeness (QED) is 0.757. The number of rotatable bonds is 1. The van der Waals surface area contributed by atoms with E-state index in [2.05, 4.69) is 0 Å². The van der Waals surface area contributed by atoms with Crippen LogP contribution < -0.4 is 5.73 Å². The molecule has 4 heteroatoms. The summed E-state index contributed by atoms with van der Waals surface area (Å²) >= 11 is 5.70. The Morgan fingerprint density at radius 2 is 2.08 bits per heavy atom. The molecule has 68 valence electrons. The molecule has 12 heavy (non-hydrogen) atoms. The molecule has 0 aliphatic heterocycles. The fourth-order valence-corrected chi connectivity index (χ4v) is 1.28. The fourth-order valence-electron chi connectivity index (χ4n) is 0.946. The Bertz CT molecular complexity index is 243.